The highest BCUT2D eigenvalue weighted by Gasteiger charge is 2.31. The minimum atomic E-state index is -0.308. The monoisotopic (exact) mass is 204 g/mol. The number of fused-ring (bicyclic) bond motifs is 1. The van der Waals surface area contributed by atoms with E-state index in [1.165, 1.54) is 7.11 Å². The number of carbonyl (C=O) groups excluding carboxylic acids is 2. The summed E-state index contributed by atoms with van der Waals surface area (Å²) in [6.07, 6.45) is 0.268. The predicted molar refractivity (Wildman–Crippen MR) is 55.1 cm³/mol. The van der Waals surface area contributed by atoms with Crippen LogP contribution in [0.15, 0.2) is 24.3 Å². The Hall–Kier alpha value is -1.48. The summed E-state index contributed by atoms with van der Waals surface area (Å²) in [5.74, 6) is -0.253. The van der Waals surface area contributed by atoms with Gasteiger partial charge in [-0.15, -0.1) is 0 Å². The molecule has 1 aromatic carbocycles. The minimum absolute atomic E-state index is 0.0204. The molecule has 1 atom stereocenters. The molecule has 1 unspecified atom stereocenters. The van der Waals surface area contributed by atoms with Gasteiger partial charge in [0.25, 0.3) is 0 Å². The number of ketones is 2. The maximum atomic E-state index is 11.9. The van der Waals surface area contributed by atoms with Gasteiger partial charge < -0.3 is 4.74 Å². The van der Waals surface area contributed by atoms with E-state index in [9.17, 15) is 9.59 Å². The molecule has 0 saturated heterocycles. The number of benzene rings is 1. The van der Waals surface area contributed by atoms with E-state index in [4.69, 9.17) is 4.74 Å². The number of hydrogen-bond donors (Lipinski definition) is 0. The van der Waals surface area contributed by atoms with Gasteiger partial charge in [-0.25, -0.2) is 0 Å². The highest BCUT2D eigenvalue weighted by atomic mass is 16.5. The standard InChI is InChI=1S/C12H12O3/c1-15-7-8-6-11(13)9-4-2-3-5-10(9)12(8)14/h2-5,8H,6-7H2,1H3. The van der Waals surface area contributed by atoms with Gasteiger partial charge in [-0.2, -0.15) is 0 Å². The summed E-state index contributed by atoms with van der Waals surface area (Å²) in [7, 11) is 1.54. The third-order valence-electron chi connectivity index (χ3n) is 2.66. The van der Waals surface area contributed by atoms with Gasteiger partial charge in [-0.3, -0.25) is 9.59 Å². The molecule has 0 saturated carbocycles. The summed E-state index contributed by atoms with van der Waals surface area (Å²) >= 11 is 0. The zero-order chi connectivity index (χ0) is 10.8. The molecule has 0 fully saturated rings. The van der Waals surface area contributed by atoms with Gasteiger partial charge in [0, 0.05) is 24.7 Å². The van der Waals surface area contributed by atoms with Crippen LogP contribution in [-0.4, -0.2) is 25.3 Å². The first kappa shape index (κ1) is 10.1. The maximum Gasteiger partial charge on any atom is 0.169 e. The Morgan fingerprint density at radius 1 is 1.27 bits per heavy atom. The van der Waals surface area contributed by atoms with E-state index in [1.54, 1.807) is 24.3 Å². The van der Waals surface area contributed by atoms with Crippen LogP contribution in [0.2, 0.25) is 0 Å². The molecule has 3 heteroatoms. The second-order valence-corrected chi connectivity index (χ2v) is 3.69. The van der Waals surface area contributed by atoms with Crippen molar-refractivity contribution in [1.29, 1.82) is 0 Å². The van der Waals surface area contributed by atoms with Crippen molar-refractivity contribution in [2.75, 3.05) is 13.7 Å². The molecule has 0 aromatic heterocycles. The van der Waals surface area contributed by atoms with Crippen molar-refractivity contribution in [2.24, 2.45) is 5.92 Å². The lowest BCUT2D eigenvalue weighted by molar-refractivity contribution is 0.0714. The average Bonchev–Trinajstić information content (AvgIpc) is 2.26. The normalized spacial score (nSPS) is 20.2. The molecule has 1 aliphatic carbocycles. The van der Waals surface area contributed by atoms with E-state index >= 15 is 0 Å². The molecule has 0 N–H and O–H groups in total. The van der Waals surface area contributed by atoms with Gasteiger partial charge in [0.2, 0.25) is 0 Å². The molecule has 3 nitrogen and oxygen atoms in total. The number of hydrogen-bond acceptors (Lipinski definition) is 3. The van der Waals surface area contributed by atoms with Crippen molar-refractivity contribution in [1.82, 2.24) is 0 Å². The van der Waals surface area contributed by atoms with E-state index in [0.717, 1.165) is 0 Å². The fraction of sp³-hybridized carbons (Fsp3) is 0.333. The predicted octanol–water partition coefficient (Wildman–Crippen LogP) is 1.72. The van der Waals surface area contributed by atoms with Crippen LogP contribution in [0.4, 0.5) is 0 Å². The minimum Gasteiger partial charge on any atom is -0.384 e. The summed E-state index contributed by atoms with van der Waals surface area (Å²) < 4.78 is 4.94. The molecule has 1 aromatic rings. The van der Waals surface area contributed by atoms with Crippen molar-refractivity contribution in [3.8, 4) is 0 Å². The third kappa shape index (κ3) is 1.70. The Bertz CT molecular complexity index is 409. The Labute approximate surface area is 88.1 Å². The Morgan fingerprint density at radius 2 is 1.93 bits per heavy atom. The van der Waals surface area contributed by atoms with Crippen molar-refractivity contribution in [2.45, 2.75) is 6.42 Å². The van der Waals surface area contributed by atoms with Crippen molar-refractivity contribution >= 4 is 11.6 Å². The number of carbonyl (C=O) groups is 2. The highest BCUT2D eigenvalue weighted by molar-refractivity contribution is 6.14. The molecule has 0 spiro atoms. The maximum absolute atomic E-state index is 11.9. The lowest BCUT2D eigenvalue weighted by atomic mass is 9.82. The SMILES string of the molecule is COCC1CC(=O)c2ccccc2C1=O. The van der Waals surface area contributed by atoms with Gasteiger partial charge >= 0.3 is 0 Å². The highest BCUT2D eigenvalue weighted by Crippen LogP contribution is 2.25. The van der Waals surface area contributed by atoms with Crippen molar-refractivity contribution in [3.05, 3.63) is 35.4 Å². The molecule has 1 aliphatic rings. The summed E-state index contributed by atoms with van der Waals surface area (Å²) in [5.41, 5.74) is 1.09. The largest absolute Gasteiger partial charge is 0.384 e. The van der Waals surface area contributed by atoms with Crippen molar-refractivity contribution in [3.63, 3.8) is 0 Å². The van der Waals surface area contributed by atoms with Gasteiger partial charge in [0.05, 0.1) is 12.5 Å². The molecule has 0 aliphatic heterocycles. The zero-order valence-corrected chi connectivity index (χ0v) is 8.53. The molecule has 0 heterocycles. The molecule has 78 valence electrons. The molecular weight excluding hydrogens is 192 g/mol. The van der Waals surface area contributed by atoms with Crippen LogP contribution in [-0.2, 0) is 4.74 Å². The fourth-order valence-electron chi connectivity index (χ4n) is 1.92. The fourth-order valence-corrected chi connectivity index (χ4v) is 1.92. The first-order valence-corrected chi connectivity index (χ1v) is 4.89. The lowest BCUT2D eigenvalue weighted by Crippen LogP contribution is -2.29. The third-order valence-corrected chi connectivity index (χ3v) is 2.66. The van der Waals surface area contributed by atoms with E-state index in [-0.39, 0.29) is 23.9 Å². The number of ether oxygens (including phenoxy) is 1. The smallest absolute Gasteiger partial charge is 0.169 e. The molecular formula is C12H12O3. The van der Waals surface area contributed by atoms with Gasteiger partial charge in [-0.05, 0) is 0 Å². The second kappa shape index (κ2) is 3.95. The Morgan fingerprint density at radius 3 is 2.60 bits per heavy atom. The number of Topliss-reactive ketones (excluding diaryl/α,β-unsaturated/α-hetero) is 2. The van der Waals surface area contributed by atoms with Gasteiger partial charge in [-0.1, -0.05) is 24.3 Å². The average molecular weight is 204 g/mol. The molecule has 0 bridgehead atoms. The van der Waals surface area contributed by atoms with Crippen molar-refractivity contribution < 1.29 is 14.3 Å². The number of rotatable bonds is 2. The molecule has 15 heavy (non-hydrogen) atoms. The van der Waals surface area contributed by atoms with Gasteiger partial charge in [0.1, 0.15) is 0 Å². The van der Waals surface area contributed by atoms with Crippen LogP contribution in [0, 0.1) is 5.92 Å². The van der Waals surface area contributed by atoms with Gasteiger partial charge in [0.15, 0.2) is 11.6 Å². The summed E-state index contributed by atoms with van der Waals surface area (Å²) in [4.78, 5) is 23.6. The number of methoxy groups -OCH3 is 1. The van der Waals surface area contributed by atoms with Crippen LogP contribution >= 0.6 is 0 Å². The summed E-state index contributed by atoms with van der Waals surface area (Å²) in [6.45, 7) is 0.318. The van der Waals surface area contributed by atoms with Crippen LogP contribution < -0.4 is 0 Å². The van der Waals surface area contributed by atoms with E-state index in [1.807, 2.05) is 0 Å². The van der Waals surface area contributed by atoms with E-state index < -0.39 is 0 Å². The van der Waals surface area contributed by atoms with E-state index in [2.05, 4.69) is 0 Å². The zero-order valence-electron chi connectivity index (χ0n) is 8.53. The second-order valence-electron chi connectivity index (χ2n) is 3.69. The quantitative estimate of drug-likeness (QED) is 0.736. The topological polar surface area (TPSA) is 43.4 Å². The van der Waals surface area contributed by atoms with E-state index in [0.29, 0.717) is 17.7 Å². The van der Waals surface area contributed by atoms with Crippen LogP contribution in [0.25, 0.3) is 0 Å². The molecule has 0 amide bonds. The first-order valence-electron chi connectivity index (χ1n) is 4.89. The summed E-state index contributed by atoms with van der Waals surface area (Å²) in [5, 5.41) is 0. The van der Waals surface area contributed by atoms with Crippen LogP contribution in [0.3, 0.4) is 0 Å². The Kier molecular flexibility index (Phi) is 2.64. The first-order chi connectivity index (χ1) is 7.24. The van der Waals surface area contributed by atoms with Crippen LogP contribution in [0.5, 0.6) is 0 Å². The summed E-state index contributed by atoms with van der Waals surface area (Å²) in [6, 6.07) is 6.97. The lowest BCUT2D eigenvalue weighted by Gasteiger charge is -2.21. The Balaban J connectivity index is 2.40. The molecule has 2 rings (SSSR count). The van der Waals surface area contributed by atoms with Crippen LogP contribution in [0.1, 0.15) is 27.1 Å². The molecule has 0 radical (unpaired) electrons.